The van der Waals surface area contributed by atoms with Crippen LogP contribution in [-0.2, 0) is 63.9 Å². The summed E-state index contributed by atoms with van der Waals surface area (Å²) in [5.41, 5.74) is 0.930. The van der Waals surface area contributed by atoms with Gasteiger partial charge in [-0.15, -0.1) is 0 Å². The van der Waals surface area contributed by atoms with E-state index in [4.69, 9.17) is 4.74 Å². The summed E-state index contributed by atoms with van der Waals surface area (Å²) in [6.07, 6.45) is -1.69. The molecule has 0 aliphatic carbocycles. The number of hydrogen-bond acceptors (Lipinski definition) is 19. The molecule has 14 atom stereocenters. The minimum Gasteiger partial charge on any atom is -0.508 e. The zero-order chi connectivity index (χ0) is 70.1. The molecule has 1 heterocycles. The molecule has 0 spiro atoms. The number of hydrogen-bond donors (Lipinski definition) is 17. The molecule has 0 aromatic heterocycles. The van der Waals surface area contributed by atoms with Gasteiger partial charge in [0.25, 0.3) is 0 Å². The highest BCUT2D eigenvalue weighted by molar-refractivity contribution is 6.00. The van der Waals surface area contributed by atoms with Gasteiger partial charge in [-0.3, -0.25) is 47.9 Å². The third-order valence-corrected chi connectivity index (χ3v) is 14.9. The zero-order valence-electron chi connectivity index (χ0n) is 53.9. The molecule has 0 radical (unpaired) electrons. The maximum atomic E-state index is 14.6. The van der Waals surface area contributed by atoms with Crippen molar-refractivity contribution in [1.82, 2.24) is 53.2 Å². The maximum absolute atomic E-state index is 14.6. The first-order chi connectivity index (χ1) is 44.4. The minimum atomic E-state index is -1.97. The number of rotatable bonds is 18. The average molecular weight is 1320 g/mol. The van der Waals surface area contributed by atoms with Crippen LogP contribution in [0.25, 0.3) is 6.08 Å². The molecule has 1 aliphatic heterocycles. The quantitative estimate of drug-likeness (QED) is 0.0368. The molecule has 4 rings (SSSR count). The Labute approximate surface area is 544 Å². The molecule has 94 heavy (non-hydrogen) atoms. The molecule has 0 bridgehead atoms. The number of carbonyl (C=O) groups is 11. The van der Waals surface area contributed by atoms with Gasteiger partial charge in [0, 0.05) is 12.5 Å². The van der Waals surface area contributed by atoms with Crippen molar-refractivity contribution < 1.29 is 93.2 Å². The minimum absolute atomic E-state index is 0.00534. The molecule has 10 amide bonds. The number of benzene rings is 3. The van der Waals surface area contributed by atoms with Crippen molar-refractivity contribution in [3.8, 4) is 5.75 Å². The van der Waals surface area contributed by atoms with E-state index in [1.165, 1.54) is 75.4 Å². The van der Waals surface area contributed by atoms with E-state index in [1.54, 1.807) is 77.1 Å². The Balaban J connectivity index is 1.89. The summed E-state index contributed by atoms with van der Waals surface area (Å²) in [5, 5.41) is 98.3. The van der Waals surface area contributed by atoms with Crippen LogP contribution in [0.15, 0.2) is 97.1 Å². The van der Waals surface area contributed by atoms with Crippen LogP contribution in [0.5, 0.6) is 5.75 Å². The van der Waals surface area contributed by atoms with Gasteiger partial charge < -0.3 is 93.7 Å². The fourth-order valence-corrected chi connectivity index (χ4v) is 9.79. The van der Waals surface area contributed by atoms with E-state index < -0.39 is 176 Å². The number of aromatic hydroxyl groups is 1. The molecule has 29 heteroatoms. The van der Waals surface area contributed by atoms with E-state index >= 15 is 0 Å². The lowest BCUT2D eigenvalue weighted by atomic mass is 9.98. The normalized spacial score (nSPS) is 25.3. The summed E-state index contributed by atoms with van der Waals surface area (Å²) in [4.78, 5) is 157. The number of phenolic OH excluding ortho intramolecular Hbond substituents is 1. The van der Waals surface area contributed by atoms with E-state index in [-0.39, 0.29) is 53.5 Å². The number of aliphatic hydroxyl groups excluding tert-OH is 6. The highest BCUT2D eigenvalue weighted by Gasteiger charge is 2.40. The number of ether oxygens (including phenoxy) is 1. The van der Waals surface area contributed by atoms with Gasteiger partial charge >= 0.3 is 5.97 Å². The number of phenols is 1. The third kappa shape index (κ3) is 23.5. The third-order valence-electron chi connectivity index (χ3n) is 14.9. The fraction of sp³-hybridized carbons (Fsp3) is 0.492. The first-order valence-corrected chi connectivity index (χ1v) is 30.8. The monoisotopic (exact) mass is 1310 g/mol. The van der Waals surface area contributed by atoms with Crippen LogP contribution < -0.4 is 53.2 Å². The molecular weight excluding hydrogens is 1220 g/mol. The maximum Gasteiger partial charge on any atom is 0.328 e. The number of cyclic esters (lactones) is 1. The van der Waals surface area contributed by atoms with Crippen LogP contribution in [0.1, 0.15) is 110 Å². The molecule has 29 nitrogen and oxygen atoms in total. The summed E-state index contributed by atoms with van der Waals surface area (Å²) in [6.45, 7) is 10.3. The van der Waals surface area contributed by atoms with Crippen LogP contribution in [0, 0.1) is 17.8 Å². The molecule has 1 saturated heterocycles. The summed E-state index contributed by atoms with van der Waals surface area (Å²) >= 11 is 0. The highest BCUT2D eigenvalue weighted by Crippen LogP contribution is 2.24. The van der Waals surface area contributed by atoms with Gasteiger partial charge in [-0.05, 0) is 91.8 Å². The smallest absolute Gasteiger partial charge is 0.328 e. The van der Waals surface area contributed by atoms with Crippen molar-refractivity contribution in [2.75, 3.05) is 19.8 Å². The fourth-order valence-electron chi connectivity index (χ4n) is 9.79. The zero-order valence-corrected chi connectivity index (χ0v) is 53.9. The van der Waals surface area contributed by atoms with Crippen molar-refractivity contribution in [2.24, 2.45) is 17.8 Å². The second-order valence-corrected chi connectivity index (χ2v) is 23.9. The number of allylic oxidation sites excluding steroid dienone is 1. The van der Waals surface area contributed by atoms with E-state index in [1.807, 2.05) is 0 Å². The Hall–Kier alpha value is -9.13. The Bertz CT molecular complexity index is 3140. The molecule has 1 fully saturated rings. The van der Waals surface area contributed by atoms with Crippen molar-refractivity contribution in [3.63, 3.8) is 0 Å². The van der Waals surface area contributed by atoms with Gasteiger partial charge in [0.2, 0.25) is 59.1 Å². The lowest BCUT2D eigenvalue weighted by Crippen LogP contribution is -2.63. The first kappa shape index (κ1) is 77.3. The predicted molar refractivity (Wildman–Crippen MR) is 340 cm³/mol. The topological polar surface area (TPSA) is 459 Å². The molecule has 3 aromatic rings. The van der Waals surface area contributed by atoms with Crippen LogP contribution in [0.3, 0.4) is 0 Å². The summed E-state index contributed by atoms with van der Waals surface area (Å²) in [7, 11) is 0. The van der Waals surface area contributed by atoms with Gasteiger partial charge in [-0.25, -0.2) is 4.79 Å². The number of esters is 1. The molecule has 0 saturated carbocycles. The second-order valence-electron chi connectivity index (χ2n) is 23.9. The Morgan fingerprint density at radius 1 is 0.543 bits per heavy atom. The van der Waals surface area contributed by atoms with Crippen LogP contribution >= 0.6 is 0 Å². The van der Waals surface area contributed by atoms with Crippen molar-refractivity contribution in [1.29, 1.82) is 0 Å². The van der Waals surface area contributed by atoms with Crippen molar-refractivity contribution in [2.45, 2.75) is 166 Å². The molecular formula is C65H90N10O19. The SMILES string of the molecule is C/C=C/[C@H](O)[C@H](O)c1ccccc1/C=C/C(=O)N[C@@H]1C(=O)N[C@@H](CO)C(=O)N[C@H](CC(C)C)C(=O)N[C@@H](Cc2ccccc2)C(=O)N[C@@H](CO)C(=O)N[C@H]([C@@H](C)O)C(=O)N[C@H](CO)C(=O)N[C@H](c2ccc(O)cc2)C(=O)N[C@@H](C(C)C)C(=O)N[C@H](CC(C)C)C(=O)O[C@H]1C. The molecule has 0 unspecified atom stereocenters. The Morgan fingerprint density at radius 2 is 1.01 bits per heavy atom. The van der Waals surface area contributed by atoms with Gasteiger partial charge in [0.05, 0.1) is 25.9 Å². The van der Waals surface area contributed by atoms with E-state index in [2.05, 4.69) is 53.2 Å². The summed E-state index contributed by atoms with van der Waals surface area (Å²) in [5.74, 6) is -14.3. The van der Waals surface area contributed by atoms with E-state index in [0.29, 0.717) is 5.56 Å². The summed E-state index contributed by atoms with van der Waals surface area (Å²) < 4.78 is 5.85. The summed E-state index contributed by atoms with van der Waals surface area (Å²) in [6, 6.07) is 1.55. The number of amides is 10. The highest BCUT2D eigenvalue weighted by atomic mass is 16.5. The number of aliphatic hydroxyl groups is 6. The van der Waals surface area contributed by atoms with Crippen LogP contribution in [0.4, 0.5) is 0 Å². The Morgan fingerprint density at radius 3 is 1.57 bits per heavy atom. The molecule has 17 N–H and O–H groups in total. The standard InChI is InChI=1S/C65H90N10O19/c1-10-16-49(81)55(83)42-20-15-14-19-39(42)23-26-50(82)72-53-37(9)94-65(93)45(28-34(4)5)68-61(89)51(35(6)7)73-64(92)54(40-21-24-41(80)25-22-40)75-60(88)48(32-78)70-62(90)52(36(8)79)74-59(87)47(31-77)69-57(85)44(29-38-17-12-11-13-18-38)67-56(84)43(27-33(2)3)66-58(86)46(30-76)71-63(53)91/h10-26,33-37,43-49,51-55,76-81,83H,27-32H2,1-9H3,(H,66,86)(H,67,84)(H,68,89)(H,69,85)(H,70,90)(H,71,91)(H,72,82)(H,73,92)(H,74,87)(H,75,88)/b16-10+,26-23+/t36-,37+,43-,44+,45-,46+,47+,48-,49+,51+,52-,53+,54-,55-/m1/s1. The largest absolute Gasteiger partial charge is 0.508 e. The van der Waals surface area contributed by atoms with Gasteiger partial charge in [-0.1, -0.05) is 120 Å². The second kappa shape index (κ2) is 37.5. The lowest BCUT2D eigenvalue weighted by molar-refractivity contribution is -0.156. The first-order valence-electron chi connectivity index (χ1n) is 30.8. The van der Waals surface area contributed by atoms with Gasteiger partial charge in [-0.2, -0.15) is 0 Å². The molecule has 3 aromatic carbocycles. The molecule has 1 aliphatic rings. The molecule has 514 valence electrons. The van der Waals surface area contributed by atoms with E-state index in [0.717, 1.165) is 13.0 Å². The lowest BCUT2D eigenvalue weighted by Gasteiger charge is -2.30. The van der Waals surface area contributed by atoms with Crippen LogP contribution in [0.2, 0.25) is 0 Å². The average Bonchev–Trinajstić information content (AvgIpc) is 0.875. The van der Waals surface area contributed by atoms with E-state index in [9.17, 15) is 88.5 Å². The number of carbonyl (C=O) groups excluding carboxylic acids is 11. The van der Waals surface area contributed by atoms with Crippen molar-refractivity contribution >= 4 is 71.1 Å². The Kier molecular flexibility index (Phi) is 30.9. The number of nitrogens with one attached hydrogen (secondary N) is 10. The van der Waals surface area contributed by atoms with Crippen molar-refractivity contribution in [3.05, 3.63) is 119 Å². The van der Waals surface area contributed by atoms with Crippen LogP contribution in [-0.4, -0.2) is 193 Å². The predicted octanol–water partition coefficient (Wildman–Crippen LogP) is -2.11. The van der Waals surface area contributed by atoms with Gasteiger partial charge in [0.15, 0.2) is 0 Å². The van der Waals surface area contributed by atoms with Gasteiger partial charge in [0.1, 0.15) is 84.5 Å².